The van der Waals surface area contributed by atoms with E-state index in [4.69, 9.17) is 0 Å². The number of rotatable bonds is 6. The average Bonchev–Trinajstić information content (AvgIpc) is 3.37. The highest BCUT2D eigenvalue weighted by atomic mass is 32.2. The molecule has 7 nitrogen and oxygen atoms in total. The first-order valence-corrected chi connectivity index (χ1v) is 14.6. The Hall–Kier alpha value is -3.49. The fraction of sp³-hybridized carbons (Fsp3) is 0.333. The minimum absolute atomic E-state index is 0.0191. The molecule has 0 aromatic heterocycles. The third-order valence-electron chi connectivity index (χ3n) is 7.69. The van der Waals surface area contributed by atoms with Crippen molar-refractivity contribution in [3.63, 3.8) is 0 Å². The Balaban J connectivity index is 1.57. The highest BCUT2D eigenvalue weighted by molar-refractivity contribution is 7.91. The van der Waals surface area contributed by atoms with Crippen LogP contribution in [0.3, 0.4) is 0 Å². The van der Waals surface area contributed by atoms with Crippen LogP contribution in [0.5, 0.6) is 0 Å². The van der Waals surface area contributed by atoms with Gasteiger partial charge in [0.2, 0.25) is 9.84 Å². The zero-order chi connectivity index (χ0) is 27.0. The van der Waals surface area contributed by atoms with E-state index in [0.717, 1.165) is 42.6 Å². The molecule has 1 saturated heterocycles. The normalized spacial score (nSPS) is 18.6. The number of carbonyl (C=O) groups excluding carboxylic acids is 2. The van der Waals surface area contributed by atoms with E-state index in [0.29, 0.717) is 18.2 Å². The second-order valence-corrected chi connectivity index (χ2v) is 12.0. The molecule has 2 aliphatic rings. The summed E-state index contributed by atoms with van der Waals surface area (Å²) in [6, 6.07) is 17.1. The second-order valence-electron chi connectivity index (χ2n) is 10.1. The molecule has 3 aromatic carbocycles. The van der Waals surface area contributed by atoms with Crippen molar-refractivity contribution in [3.8, 4) is 0 Å². The number of aryl methyl sites for hydroxylation is 2. The van der Waals surface area contributed by atoms with Gasteiger partial charge in [0, 0.05) is 18.2 Å². The van der Waals surface area contributed by atoms with Crippen molar-refractivity contribution in [3.05, 3.63) is 88.5 Å². The minimum Gasteiger partial charge on any atom is -0.350 e. The van der Waals surface area contributed by atoms with Gasteiger partial charge in [-0.15, -0.1) is 0 Å². The maximum Gasteiger partial charge on any atom is 0.259 e. The number of nitrogens with zero attached hydrogens (tertiary/aromatic N) is 2. The molecule has 2 amide bonds. The van der Waals surface area contributed by atoms with Crippen LogP contribution in [0.1, 0.15) is 57.2 Å². The zero-order valence-corrected chi connectivity index (χ0v) is 22.8. The standard InChI is InChI=1S/C30H33N3O4S/c1-4-32-15-7-8-24(32)18-31-29(34)22-13-14-28-26(17-22)33(19-23-16-20(2)11-12-21(23)3)30(35)25-9-5-6-10-27(25)38(28,36)37/h5-6,9-14,16-17,24H,4,7-8,15,18-19H2,1-3H3,(H,31,34)/t24-/m1/s1. The molecule has 1 N–H and O–H groups in total. The van der Waals surface area contributed by atoms with Gasteiger partial charge in [-0.1, -0.05) is 42.8 Å². The summed E-state index contributed by atoms with van der Waals surface area (Å²) in [4.78, 5) is 30.9. The van der Waals surface area contributed by atoms with Gasteiger partial charge in [0.15, 0.2) is 0 Å². The maximum absolute atomic E-state index is 13.9. The highest BCUT2D eigenvalue weighted by Crippen LogP contribution is 2.38. The number of amides is 2. The smallest absolute Gasteiger partial charge is 0.259 e. The van der Waals surface area contributed by atoms with Crippen molar-refractivity contribution < 1.29 is 18.0 Å². The number of nitrogens with one attached hydrogen (secondary N) is 1. The molecule has 2 heterocycles. The highest BCUT2D eigenvalue weighted by Gasteiger charge is 2.36. The molecule has 0 unspecified atom stereocenters. The fourth-order valence-corrected chi connectivity index (χ4v) is 7.13. The molecule has 198 valence electrons. The Kier molecular flexibility index (Phi) is 7.11. The lowest BCUT2D eigenvalue weighted by Crippen LogP contribution is -2.40. The summed E-state index contributed by atoms with van der Waals surface area (Å²) >= 11 is 0. The molecule has 0 aliphatic carbocycles. The second kappa shape index (κ2) is 10.3. The molecule has 2 aliphatic heterocycles. The lowest BCUT2D eigenvalue weighted by molar-refractivity contribution is 0.0938. The van der Waals surface area contributed by atoms with Crippen LogP contribution >= 0.6 is 0 Å². The molecule has 0 bridgehead atoms. The minimum atomic E-state index is -3.99. The number of likely N-dealkylation sites (tertiary alicyclic amines) is 1. The molecule has 0 saturated carbocycles. The summed E-state index contributed by atoms with van der Waals surface area (Å²) in [6.45, 7) is 8.74. The SMILES string of the molecule is CCN1CCC[C@@H]1CNC(=O)c1ccc2c(c1)N(Cc1cc(C)ccc1C)C(=O)c1ccccc1S2(=O)=O. The molecule has 1 atom stereocenters. The van der Waals surface area contributed by atoms with E-state index < -0.39 is 15.7 Å². The summed E-state index contributed by atoms with van der Waals surface area (Å²) in [5.74, 6) is -0.694. The lowest BCUT2D eigenvalue weighted by Gasteiger charge is -2.25. The molecule has 1 fully saturated rings. The van der Waals surface area contributed by atoms with Crippen LogP contribution in [0.2, 0.25) is 0 Å². The number of likely N-dealkylation sites (N-methyl/N-ethyl adjacent to an activating group) is 1. The Morgan fingerprint density at radius 2 is 1.82 bits per heavy atom. The van der Waals surface area contributed by atoms with Gasteiger partial charge in [-0.2, -0.15) is 0 Å². The van der Waals surface area contributed by atoms with Crippen molar-refractivity contribution in [1.29, 1.82) is 0 Å². The van der Waals surface area contributed by atoms with Crippen LogP contribution in [0, 0.1) is 13.8 Å². The number of anilines is 1. The van der Waals surface area contributed by atoms with Crippen LogP contribution < -0.4 is 10.2 Å². The summed E-state index contributed by atoms with van der Waals surface area (Å²) in [6.07, 6.45) is 2.15. The Labute approximate surface area is 224 Å². The average molecular weight is 532 g/mol. The van der Waals surface area contributed by atoms with E-state index in [2.05, 4.69) is 17.1 Å². The molecule has 0 spiro atoms. The maximum atomic E-state index is 13.9. The van der Waals surface area contributed by atoms with Crippen molar-refractivity contribution >= 4 is 27.3 Å². The summed E-state index contributed by atoms with van der Waals surface area (Å²) in [5.41, 5.74) is 3.62. The number of fused-ring (bicyclic) bond motifs is 2. The molecule has 0 radical (unpaired) electrons. The van der Waals surface area contributed by atoms with Gasteiger partial charge < -0.3 is 10.2 Å². The van der Waals surface area contributed by atoms with E-state index >= 15 is 0 Å². The van der Waals surface area contributed by atoms with Gasteiger partial charge in [0.1, 0.15) is 0 Å². The van der Waals surface area contributed by atoms with Gasteiger partial charge in [-0.3, -0.25) is 14.5 Å². The monoisotopic (exact) mass is 531 g/mol. The van der Waals surface area contributed by atoms with E-state index in [1.165, 1.54) is 23.1 Å². The molecule has 5 rings (SSSR count). The van der Waals surface area contributed by atoms with E-state index in [1.807, 2.05) is 32.0 Å². The Bertz CT molecular complexity index is 1520. The van der Waals surface area contributed by atoms with Crippen LogP contribution in [0.4, 0.5) is 5.69 Å². The number of hydrogen-bond donors (Lipinski definition) is 1. The zero-order valence-electron chi connectivity index (χ0n) is 22.0. The van der Waals surface area contributed by atoms with E-state index in [1.54, 1.807) is 24.3 Å². The van der Waals surface area contributed by atoms with Crippen LogP contribution in [-0.4, -0.2) is 50.8 Å². The van der Waals surface area contributed by atoms with Crippen molar-refractivity contribution in [2.24, 2.45) is 0 Å². The van der Waals surface area contributed by atoms with Gasteiger partial charge >= 0.3 is 0 Å². The third-order valence-corrected chi connectivity index (χ3v) is 9.55. The summed E-state index contributed by atoms with van der Waals surface area (Å²) in [5, 5.41) is 3.02. The first-order valence-electron chi connectivity index (χ1n) is 13.1. The van der Waals surface area contributed by atoms with Gasteiger partial charge in [0.25, 0.3) is 11.8 Å². The number of sulfone groups is 1. The van der Waals surface area contributed by atoms with Crippen molar-refractivity contribution in [2.75, 3.05) is 24.5 Å². The molecular formula is C30H33N3O4S. The molecule has 3 aromatic rings. The predicted molar refractivity (Wildman–Crippen MR) is 147 cm³/mol. The predicted octanol–water partition coefficient (Wildman–Crippen LogP) is 4.51. The summed E-state index contributed by atoms with van der Waals surface area (Å²) in [7, 11) is -3.99. The van der Waals surface area contributed by atoms with Gasteiger partial charge in [-0.25, -0.2) is 8.42 Å². The largest absolute Gasteiger partial charge is 0.350 e. The Morgan fingerprint density at radius 3 is 2.61 bits per heavy atom. The summed E-state index contributed by atoms with van der Waals surface area (Å²) < 4.78 is 27.5. The van der Waals surface area contributed by atoms with E-state index in [9.17, 15) is 18.0 Å². The Morgan fingerprint density at radius 1 is 1.03 bits per heavy atom. The van der Waals surface area contributed by atoms with Gasteiger partial charge in [0.05, 0.1) is 27.6 Å². The van der Waals surface area contributed by atoms with Crippen molar-refractivity contribution in [1.82, 2.24) is 10.2 Å². The quantitative estimate of drug-likeness (QED) is 0.506. The first-order chi connectivity index (χ1) is 18.2. The molecular weight excluding hydrogens is 498 g/mol. The van der Waals surface area contributed by atoms with Crippen LogP contribution in [0.25, 0.3) is 0 Å². The topological polar surface area (TPSA) is 86.8 Å². The molecule has 8 heteroatoms. The fourth-order valence-electron chi connectivity index (χ4n) is 5.50. The van der Waals surface area contributed by atoms with Gasteiger partial charge in [-0.05, 0) is 81.2 Å². The number of benzene rings is 3. The van der Waals surface area contributed by atoms with E-state index in [-0.39, 0.29) is 33.5 Å². The first kappa shape index (κ1) is 26.1. The lowest BCUT2D eigenvalue weighted by atomic mass is 10.0. The number of carbonyl (C=O) groups is 2. The van der Waals surface area contributed by atoms with Crippen LogP contribution in [-0.2, 0) is 16.4 Å². The van der Waals surface area contributed by atoms with Crippen LogP contribution in [0.15, 0.2) is 70.5 Å². The third kappa shape index (κ3) is 4.74. The number of hydrogen-bond acceptors (Lipinski definition) is 5. The van der Waals surface area contributed by atoms with Crippen molar-refractivity contribution in [2.45, 2.75) is 56.0 Å². The molecule has 38 heavy (non-hydrogen) atoms.